The van der Waals surface area contributed by atoms with E-state index in [1.54, 1.807) is 43.3 Å². The van der Waals surface area contributed by atoms with Crippen LogP contribution in [-0.4, -0.2) is 41.8 Å². The Hall–Kier alpha value is -3.22. The van der Waals surface area contributed by atoms with Crippen LogP contribution in [0.25, 0.3) is 0 Å². The number of hydrogen-bond acceptors (Lipinski definition) is 3. The fraction of sp³-hybridized carbons (Fsp3) is 0.348. The lowest BCUT2D eigenvalue weighted by Gasteiger charge is -2.28. The van der Waals surface area contributed by atoms with Crippen molar-refractivity contribution >= 4 is 17.7 Å². The minimum Gasteiger partial charge on any atom is -0.350 e. The van der Waals surface area contributed by atoms with Crippen LogP contribution < -0.4 is 10.6 Å². The summed E-state index contributed by atoms with van der Waals surface area (Å²) in [6.45, 7) is 5.91. The topological polar surface area (TPSA) is 78.5 Å². The van der Waals surface area contributed by atoms with Gasteiger partial charge in [0, 0.05) is 18.7 Å². The van der Waals surface area contributed by atoms with Crippen molar-refractivity contribution in [2.75, 3.05) is 13.1 Å². The summed E-state index contributed by atoms with van der Waals surface area (Å²) in [6, 6.07) is 13.8. The molecule has 0 saturated heterocycles. The summed E-state index contributed by atoms with van der Waals surface area (Å²) in [5.41, 5.74) is 1.23. The van der Waals surface area contributed by atoms with Gasteiger partial charge >= 0.3 is 0 Å². The molecule has 0 aliphatic heterocycles. The van der Waals surface area contributed by atoms with Gasteiger partial charge in [0.15, 0.2) is 0 Å². The summed E-state index contributed by atoms with van der Waals surface area (Å²) in [7, 11) is 0. The Labute approximate surface area is 176 Å². The molecule has 0 aliphatic carbocycles. The zero-order valence-electron chi connectivity index (χ0n) is 17.5. The zero-order chi connectivity index (χ0) is 22.1. The molecule has 0 aromatic heterocycles. The Kier molecular flexibility index (Phi) is 8.53. The molecule has 6 nitrogen and oxygen atoms in total. The van der Waals surface area contributed by atoms with Gasteiger partial charge in [-0.15, -0.1) is 0 Å². The van der Waals surface area contributed by atoms with Crippen molar-refractivity contribution in [1.29, 1.82) is 0 Å². The second kappa shape index (κ2) is 11.1. The largest absolute Gasteiger partial charge is 0.350 e. The van der Waals surface area contributed by atoms with Crippen molar-refractivity contribution in [2.24, 2.45) is 5.92 Å². The van der Waals surface area contributed by atoms with Gasteiger partial charge < -0.3 is 15.5 Å². The van der Waals surface area contributed by atoms with Gasteiger partial charge in [0.05, 0.1) is 6.54 Å². The van der Waals surface area contributed by atoms with Crippen LogP contribution in [0.1, 0.15) is 36.7 Å². The Bertz CT molecular complexity index is 854. The molecular weight excluding hydrogens is 385 g/mol. The van der Waals surface area contributed by atoms with Crippen molar-refractivity contribution in [2.45, 2.75) is 33.4 Å². The molecule has 3 amide bonds. The lowest BCUT2D eigenvalue weighted by molar-refractivity contribution is -0.138. The van der Waals surface area contributed by atoms with Gasteiger partial charge in [-0.05, 0) is 42.7 Å². The van der Waals surface area contributed by atoms with E-state index in [4.69, 9.17) is 0 Å². The minimum atomic E-state index is -0.748. The van der Waals surface area contributed by atoms with Crippen molar-refractivity contribution < 1.29 is 18.8 Å². The standard InChI is InChI=1S/C23H28FN3O3/c1-4-27(15-20(28)25-14-17-10-12-19(24)13-11-17)23(30)21(16(2)3)26-22(29)18-8-6-5-7-9-18/h5-13,16,21H,4,14-15H2,1-3H3,(H,25,28)(H,26,29). The molecule has 0 radical (unpaired) electrons. The maximum Gasteiger partial charge on any atom is 0.251 e. The average Bonchev–Trinajstić information content (AvgIpc) is 2.75. The minimum absolute atomic E-state index is 0.124. The highest BCUT2D eigenvalue weighted by Crippen LogP contribution is 2.09. The number of carbonyl (C=O) groups excluding carboxylic acids is 3. The summed E-state index contributed by atoms with van der Waals surface area (Å²) in [4.78, 5) is 39.3. The molecular formula is C23H28FN3O3. The SMILES string of the molecule is CCN(CC(=O)NCc1ccc(F)cc1)C(=O)C(NC(=O)c1ccccc1)C(C)C. The zero-order valence-corrected chi connectivity index (χ0v) is 17.5. The van der Waals surface area contributed by atoms with E-state index >= 15 is 0 Å². The van der Waals surface area contributed by atoms with Gasteiger partial charge in [-0.25, -0.2) is 4.39 Å². The van der Waals surface area contributed by atoms with E-state index in [0.717, 1.165) is 5.56 Å². The average molecular weight is 413 g/mol. The maximum atomic E-state index is 13.0. The van der Waals surface area contributed by atoms with Gasteiger partial charge in [-0.3, -0.25) is 14.4 Å². The molecule has 0 aliphatic rings. The summed E-state index contributed by atoms with van der Waals surface area (Å²) in [5, 5.41) is 5.52. The first-order chi connectivity index (χ1) is 14.3. The van der Waals surface area contributed by atoms with Crippen molar-refractivity contribution in [1.82, 2.24) is 15.5 Å². The van der Waals surface area contributed by atoms with Crippen molar-refractivity contribution in [3.63, 3.8) is 0 Å². The third-order valence-corrected chi connectivity index (χ3v) is 4.69. The summed E-state index contributed by atoms with van der Waals surface area (Å²) in [6.07, 6.45) is 0. The fourth-order valence-electron chi connectivity index (χ4n) is 2.90. The molecule has 1 unspecified atom stereocenters. The number of halogens is 1. The lowest BCUT2D eigenvalue weighted by atomic mass is 10.0. The second-order valence-electron chi connectivity index (χ2n) is 7.32. The highest BCUT2D eigenvalue weighted by atomic mass is 19.1. The number of benzene rings is 2. The predicted octanol–water partition coefficient (Wildman–Crippen LogP) is 2.75. The molecule has 0 heterocycles. The van der Waals surface area contributed by atoms with Gasteiger partial charge in [0.1, 0.15) is 11.9 Å². The number of nitrogens with one attached hydrogen (secondary N) is 2. The quantitative estimate of drug-likeness (QED) is 0.664. The van der Waals surface area contributed by atoms with Crippen LogP contribution in [0.15, 0.2) is 54.6 Å². The maximum absolute atomic E-state index is 13.0. The first-order valence-corrected chi connectivity index (χ1v) is 9.97. The van der Waals surface area contributed by atoms with E-state index in [1.165, 1.54) is 17.0 Å². The first kappa shape index (κ1) is 23.1. The van der Waals surface area contributed by atoms with Gasteiger partial charge in [-0.1, -0.05) is 44.2 Å². The van der Waals surface area contributed by atoms with Crippen LogP contribution in [0.4, 0.5) is 4.39 Å². The third kappa shape index (κ3) is 6.69. The summed E-state index contributed by atoms with van der Waals surface area (Å²) < 4.78 is 13.0. The van der Waals surface area contributed by atoms with E-state index in [0.29, 0.717) is 12.1 Å². The Balaban J connectivity index is 1.97. The lowest BCUT2D eigenvalue weighted by Crippen LogP contribution is -2.53. The molecule has 0 saturated carbocycles. The van der Waals surface area contributed by atoms with Crippen LogP contribution in [-0.2, 0) is 16.1 Å². The molecule has 2 rings (SSSR count). The molecule has 2 aromatic carbocycles. The van der Waals surface area contributed by atoms with E-state index in [1.807, 2.05) is 19.9 Å². The van der Waals surface area contributed by atoms with Crippen LogP contribution in [0.2, 0.25) is 0 Å². The molecule has 7 heteroatoms. The monoisotopic (exact) mass is 413 g/mol. The number of likely N-dealkylation sites (N-methyl/N-ethyl adjacent to an activating group) is 1. The molecule has 1 atom stereocenters. The smallest absolute Gasteiger partial charge is 0.251 e. The molecule has 0 fully saturated rings. The van der Waals surface area contributed by atoms with Gasteiger partial charge in [0.2, 0.25) is 11.8 Å². The Morgan fingerprint density at radius 2 is 1.63 bits per heavy atom. The van der Waals surface area contributed by atoms with Crippen molar-refractivity contribution in [3.8, 4) is 0 Å². The van der Waals surface area contributed by atoms with E-state index in [2.05, 4.69) is 10.6 Å². The van der Waals surface area contributed by atoms with E-state index < -0.39 is 6.04 Å². The second-order valence-corrected chi connectivity index (χ2v) is 7.32. The number of carbonyl (C=O) groups is 3. The van der Waals surface area contributed by atoms with Crippen molar-refractivity contribution in [3.05, 3.63) is 71.5 Å². The molecule has 2 aromatic rings. The number of amides is 3. The summed E-state index contributed by atoms with van der Waals surface area (Å²) >= 11 is 0. The molecule has 0 bridgehead atoms. The third-order valence-electron chi connectivity index (χ3n) is 4.69. The number of nitrogens with zero attached hydrogens (tertiary/aromatic N) is 1. The number of rotatable bonds is 9. The Morgan fingerprint density at radius 3 is 2.20 bits per heavy atom. The summed E-state index contributed by atoms with van der Waals surface area (Å²) in [5.74, 6) is -1.47. The first-order valence-electron chi connectivity index (χ1n) is 9.97. The highest BCUT2D eigenvalue weighted by molar-refractivity contribution is 5.98. The van der Waals surface area contributed by atoms with Gasteiger partial charge in [-0.2, -0.15) is 0 Å². The van der Waals surface area contributed by atoms with Crippen LogP contribution in [0.3, 0.4) is 0 Å². The van der Waals surface area contributed by atoms with E-state index in [-0.39, 0.29) is 42.5 Å². The normalized spacial score (nSPS) is 11.6. The van der Waals surface area contributed by atoms with Gasteiger partial charge in [0.25, 0.3) is 5.91 Å². The van der Waals surface area contributed by atoms with Crippen LogP contribution >= 0.6 is 0 Å². The molecule has 30 heavy (non-hydrogen) atoms. The molecule has 160 valence electrons. The van der Waals surface area contributed by atoms with E-state index in [9.17, 15) is 18.8 Å². The molecule has 0 spiro atoms. The van der Waals surface area contributed by atoms with Crippen LogP contribution in [0, 0.1) is 11.7 Å². The predicted molar refractivity (Wildman–Crippen MR) is 113 cm³/mol. The number of hydrogen-bond donors (Lipinski definition) is 2. The molecule has 2 N–H and O–H groups in total. The highest BCUT2D eigenvalue weighted by Gasteiger charge is 2.29. The van der Waals surface area contributed by atoms with Crippen LogP contribution in [0.5, 0.6) is 0 Å². The fourth-order valence-corrected chi connectivity index (χ4v) is 2.90. The Morgan fingerprint density at radius 1 is 1.00 bits per heavy atom.